The first-order chi connectivity index (χ1) is 10.7. The van der Waals surface area contributed by atoms with Gasteiger partial charge in [0, 0.05) is 25.0 Å². The number of aliphatic carboxylic acids is 1. The molecule has 3 rings (SSSR count). The van der Waals surface area contributed by atoms with Crippen molar-refractivity contribution in [2.45, 2.75) is 38.5 Å². The Balaban J connectivity index is 0.00000192. The van der Waals surface area contributed by atoms with Gasteiger partial charge in [-0.2, -0.15) is 0 Å². The number of nitrogens with zero attached hydrogens (tertiary/aromatic N) is 1. The first kappa shape index (κ1) is 19.2. The van der Waals surface area contributed by atoms with Gasteiger partial charge in [-0.05, 0) is 49.6 Å². The molecule has 1 aliphatic carbocycles. The Morgan fingerprint density at radius 1 is 1.13 bits per heavy atom. The summed E-state index contributed by atoms with van der Waals surface area (Å²) in [6.45, 7) is 3.25. The molecule has 0 aromatic heterocycles. The zero-order valence-electron chi connectivity index (χ0n) is 14.0. The van der Waals surface area contributed by atoms with E-state index >= 15 is 0 Å². The summed E-state index contributed by atoms with van der Waals surface area (Å²) in [5.41, 5.74) is 1.09. The quantitative estimate of drug-likeness (QED) is 0.741. The van der Waals surface area contributed by atoms with Gasteiger partial charge in [0.25, 0.3) is 0 Å². The molecule has 1 aromatic rings. The third-order valence-electron chi connectivity index (χ3n) is 5.50. The number of likely N-dealkylation sites (tertiary alicyclic amines) is 1. The summed E-state index contributed by atoms with van der Waals surface area (Å²) < 4.78 is 0. The fourth-order valence-electron chi connectivity index (χ4n) is 4.23. The van der Waals surface area contributed by atoms with Crippen LogP contribution in [0.2, 0.25) is 0 Å². The minimum Gasteiger partial charge on any atom is -0.550 e. The first-order valence-corrected chi connectivity index (χ1v) is 8.69. The third-order valence-corrected chi connectivity index (χ3v) is 5.50. The molecule has 0 amide bonds. The Kier molecular flexibility index (Phi) is 7.87. The third kappa shape index (κ3) is 5.45. The maximum Gasteiger partial charge on any atom is 2.00 e. The summed E-state index contributed by atoms with van der Waals surface area (Å²) in [4.78, 5) is 13.9. The molecule has 0 N–H and O–H groups in total. The van der Waals surface area contributed by atoms with Gasteiger partial charge in [-0.15, -0.1) is 0 Å². The minimum absolute atomic E-state index is 0. The number of carbonyl (C=O) groups excluding carboxylic acids is 1. The van der Waals surface area contributed by atoms with Crippen molar-refractivity contribution in [1.29, 1.82) is 0 Å². The largest absolute Gasteiger partial charge is 2.00 e. The van der Waals surface area contributed by atoms with Crippen LogP contribution in [-0.4, -0.2) is 68.2 Å². The van der Waals surface area contributed by atoms with Crippen molar-refractivity contribution in [2.24, 2.45) is 17.8 Å². The molecule has 3 nitrogen and oxygen atoms in total. The monoisotopic (exact) mass is 340 g/mol. The van der Waals surface area contributed by atoms with Crippen molar-refractivity contribution >= 4 is 43.7 Å². The van der Waals surface area contributed by atoms with Crippen molar-refractivity contribution in [3.05, 3.63) is 35.9 Å². The average molecular weight is 340 g/mol. The van der Waals surface area contributed by atoms with Crippen LogP contribution < -0.4 is 5.11 Å². The van der Waals surface area contributed by atoms with E-state index in [4.69, 9.17) is 0 Å². The second kappa shape index (κ2) is 9.41. The molecule has 2 fully saturated rings. The molecule has 1 saturated heterocycles. The predicted octanol–water partition coefficient (Wildman–Crippen LogP) is 1.73. The van der Waals surface area contributed by atoms with Crippen molar-refractivity contribution < 1.29 is 9.90 Å². The van der Waals surface area contributed by atoms with Crippen molar-refractivity contribution in [3.8, 4) is 0 Å². The molecule has 2 aliphatic rings. The van der Waals surface area contributed by atoms with Gasteiger partial charge in [-0.1, -0.05) is 43.2 Å². The molecule has 1 aromatic carbocycles. The SMILES string of the molecule is O=C([O-])[C@H](CCN1CC2CCCC[C@@H]2C1)Cc1ccccc1.[Ca+2]. The summed E-state index contributed by atoms with van der Waals surface area (Å²) in [6, 6.07) is 9.89. The summed E-state index contributed by atoms with van der Waals surface area (Å²) in [6.07, 6.45) is 6.79. The van der Waals surface area contributed by atoms with Crippen LogP contribution in [-0.2, 0) is 11.2 Å². The molecule has 0 spiro atoms. The van der Waals surface area contributed by atoms with Gasteiger partial charge in [-0.25, -0.2) is 0 Å². The van der Waals surface area contributed by atoms with Gasteiger partial charge in [-0.3, -0.25) is 0 Å². The fourth-order valence-corrected chi connectivity index (χ4v) is 4.23. The Hall–Kier alpha value is -0.0903. The van der Waals surface area contributed by atoms with Gasteiger partial charge in [0.1, 0.15) is 0 Å². The molecule has 23 heavy (non-hydrogen) atoms. The predicted molar refractivity (Wildman–Crippen MR) is 90.9 cm³/mol. The number of rotatable bonds is 6. The second-order valence-corrected chi connectivity index (χ2v) is 7.06. The van der Waals surface area contributed by atoms with Crippen molar-refractivity contribution in [1.82, 2.24) is 4.90 Å². The number of carbonyl (C=O) groups is 1. The Morgan fingerprint density at radius 2 is 1.74 bits per heavy atom. The van der Waals surface area contributed by atoms with Gasteiger partial charge in [0.15, 0.2) is 0 Å². The van der Waals surface area contributed by atoms with Gasteiger partial charge in [0.05, 0.1) is 0 Å². The normalized spacial score (nSPS) is 25.4. The molecule has 3 atom stereocenters. The summed E-state index contributed by atoms with van der Waals surface area (Å²) >= 11 is 0. The van der Waals surface area contributed by atoms with Crippen molar-refractivity contribution in [3.63, 3.8) is 0 Å². The molecular formula is C19H26CaNO2+. The maximum absolute atomic E-state index is 11.4. The van der Waals surface area contributed by atoms with Crippen molar-refractivity contribution in [2.75, 3.05) is 19.6 Å². The Morgan fingerprint density at radius 3 is 2.30 bits per heavy atom. The number of fused-ring (bicyclic) bond motifs is 1. The molecule has 4 heteroatoms. The Labute approximate surface area is 169 Å². The average Bonchev–Trinajstić information content (AvgIpc) is 2.95. The summed E-state index contributed by atoms with van der Waals surface area (Å²) in [5, 5.41) is 11.4. The number of carboxylic acid groups (broad SMARTS) is 1. The maximum atomic E-state index is 11.4. The summed E-state index contributed by atoms with van der Waals surface area (Å²) in [7, 11) is 0. The molecule has 1 unspecified atom stereocenters. The second-order valence-electron chi connectivity index (χ2n) is 7.06. The van der Waals surface area contributed by atoms with E-state index < -0.39 is 5.97 Å². The molecule has 1 saturated carbocycles. The molecule has 0 bridgehead atoms. The van der Waals surface area contributed by atoms with Gasteiger partial charge < -0.3 is 14.8 Å². The van der Waals surface area contributed by atoms with E-state index in [0.29, 0.717) is 12.8 Å². The first-order valence-electron chi connectivity index (χ1n) is 8.69. The van der Waals surface area contributed by atoms with E-state index in [9.17, 15) is 9.90 Å². The van der Waals surface area contributed by atoms with E-state index in [-0.39, 0.29) is 43.7 Å². The van der Waals surface area contributed by atoms with E-state index in [1.165, 1.54) is 38.8 Å². The molecular weight excluding hydrogens is 314 g/mol. The van der Waals surface area contributed by atoms with Crippen LogP contribution in [0.25, 0.3) is 0 Å². The molecule has 0 radical (unpaired) electrons. The van der Waals surface area contributed by atoms with Crippen LogP contribution in [0.3, 0.4) is 0 Å². The zero-order chi connectivity index (χ0) is 15.4. The molecule has 120 valence electrons. The van der Waals surface area contributed by atoms with E-state index in [2.05, 4.69) is 4.90 Å². The summed E-state index contributed by atoms with van der Waals surface area (Å²) in [5.74, 6) is 0.457. The smallest absolute Gasteiger partial charge is 0.550 e. The number of benzene rings is 1. The van der Waals surface area contributed by atoms with E-state index in [1.54, 1.807) is 0 Å². The van der Waals surface area contributed by atoms with Crippen LogP contribution in [0.4, 0.5) is 0 Å². The number of hydrogen-bond donors (Lipinski definition) is 0. The standard InChI is InChI=1S/C19H27NO2.Ca/c21-19(22)16(12-15-6-2-1-3-7-15)10-11-20-13-17-8-4-5-9-18(17)14-20;/h1-3,6-7,16-18H,4-5,8-14H2,(H,21,22);/q;+2/p-1/t16-,17-,18?;/m1./s1. The fraction of sp³-hybridized carbons (Fsp3) is 0.632. The number of carboxylic acids is 1. The molecule has 1 heterocycles. The van der Waals surface area contributed by atoms with Crippen LogP contribution in [0, 0.1) is 17.8 Å². The molecule has 1 aliphatic heterocycles. The zero-order valence-corrected chi connectivity index (χ0v) is 16.2. The van der Waals surface area contributed by atoms with Crippen LogP contribution >= 0.6 is 0 Å². The van der Waals surface area contributed by atoms with E-state index in [0.717, 1.165) is 23.9 Å². The Bertz CT molecular complexity index is 479. The van der Waals surface area contributed by atoms with E-state index in [1.807, 2.05) is 30.3 Å². The number of hydrogen-bond acceptors (Lipinski definition) is 3. The van der Waals surface area contributed by atoms with Crippen LogP contribution in [0.15, 0.2) is 30.3 Å². The van der Waals surface area contributed by atoms with Gasteiger partial charge in [0.2, 0.25) is 0 Å². The topological polar surface area (TPSA) is 43.4 Å². The van der Waals surface area contributed by atoms with Crippen LogP contribution in [0.1, 0.15) is 37.7 Å². The van der Waals surface area contributed by atoms with Gasteiger partial charge >= 0.3 is 37.7 Å². The van der Waals surface area contributed by atoms with Crippen LogP contribution in [0.5, 0.6) is 0 Å². The minimum atomic E-state index is -0.902.